The van der Waals surface area contributed by atoms with Crippen molar-refractivity contribution in [2.45, 2.75) is 18.8 Å². The highest BCUT2D eigenvalue weighted by atomic mass is 16.5. The summed E-state index contributed by atoms with van der Waals surface area (Å²) in [6.07, 6.45) is -0.575. The Morgan fingerprint density at radius 1 is 1.20 bits per heavy atom. The number of rotatable bonds is 5. The molecule has 0 rings (SSSR count). The van der Waals surface area contributed by atoms with Gasteiger partial charge in [-0.1, -0.05) is 0 Å². The molecule has 1 N–H and O–H groups in total. The van der Waals surface area contributed by atoms with E-state index in [4.69, 9.17) is 7.85 Å². The number of hydrogen-bond donors (Lipinski definition) is 1. The Morgan fingerprint density at radius 3 is 2.20 bits per heavy atom. The highest BCUT2D eigenvalue weighted by molar-refractivity contribution is 6.14. The molecule has 82 valence electrons. The van der Waals surface area contributed by atoms with E-state index in [-0.39, 0.29) is 6.42 Å². The minimum atomic E-state index is -0.866. The lowest BCUT2D eigenvalue weighted by atomic mass is 9.93. The van der Waals surface area contributed by atoms with Gasteiger partial charge in [0.25, 0.3) is 0 Å². The van der Waals surface area contributed by atoms with Crippen LogP contribution >= 0.6 is 0 Å². The fourth-order valence-corrected chi connectivity index (χ4v) is 0.775. The molecule has 7 heteroatoms. The van der Waals surface area contributed by atoms with E-state index in [2.05, 4.69) is 14.8 Å². The van der Waals surface area contributed by atoms with Crippen molar-refractivity contribution in [2.24, 2.45) is 0 Å². The number of carbonyl (C=O) groups is 3. The SMILES string of the molecule is [B]C(CC(=O)OC)NC(=O)CC(=O)OC. The summed E-state index contributed by atoms with van der Waals surface area (Å²) in [6.45, 7) is 0. The molecule has 0 saturated carbocycles. The van der Waals surface area contributed by atoms with E-state index in [0.717, 1.165) is 0 Å². The van der Waals surface area contributed by atoms with E-state index >= 15 is 0 Å². The number of ether oxygens (including phenoxy) is 2. The van der Waals surface area contributed by atoms with Gasteiger partial charge in [-0.05, 0) is 5.94 Å². The second-order valence-corrected chi connectivity index (χ2v) is 2.71. The molecule has 1 atom stereocenters. The fraction of sp³-hybridized carbons (Fsp3) is 0.625. The third-order valence-electron chi connectivity index (χ3n) is 1.49. The van der Waals surface area contributed by atoms with Gasteiger partial charge >= 0.3 is 11.9 Å². The van der Waals surface area contributed by atoms with E-state index in [1.807, 2.05) is 0 Å². The lowest BCUT2D eigenvalue weighted by Crippen LogP contribution is -2.38. The Hall–Kier alpha value is -1.53. The molecule has 1 unspecified atom stereocenters. The third-order valence-corrected chi connectivity index (χ3v) is 1.49. The molecule has 2 radical (unpaired) electrons. The molecule has 0 saturated heterocycles. The summed E-state index contributed by atoms with van der Waals surface area (Å²) in [7, 11) is 7.77. The van der Waals surface area contributed by atoms with Crippen molar-refractivity contribution in [2.75, 3.05) is 14.2 Å². The first-order valence-corrected chi connectivity index (χ1v) is 4.18. The van der Waals surface area contributed by atoms with Gasteiger partial charge in [0, 0.05) is 0 Å². The van der Waals surface area contributed by atoms with Gasteiger partial charge in [-0.3, -0.25) is 14.4 Å². The van der Waals surface area contributed by atoms with Crippen LogP contribution in [0.5, 0.6) is 0 Å². The van der Waals surface area contributed by atoms with Crippen LogP contribution in [0.1, 0.15) is 12.8 Å². The van der Waals surface area contributed by atoms with Gasteiger partial charge in [-0.15, -0.1) is 0 Å². The number of nitrogens with one attached hydrogen (secondary N) is 1. The molecule has 0 aliphatic heterocycles. The molecule has 0 aromatic carbocycles. The number of carbonyl (C=O) groups excluding carboxylic acids is 3. The van der Waals surface area contributed by atoms with Crippen molar-refractivity contribution in [3.63, 3.8) is 0 Å². The van der Waals surface area contributed by atoms with E-state index < -0.39 is 30.2 Å². The first-order chi connectivity index (χ1) is 6.99. The second kappa shape index (κ2) is 6.86. The van der Waals surface area contributed by atoms with Gasteiger partial charge in [0.15, 0.2) is 0 Å². The zero-order valence-electron chi connectivity index (χ0n) is 8.61. The summed E-state index contributed by atoms with van der Waals surface area (Å²) >= 11 is 0. The molecule has 6 nitrogen and oxygen atoms in total. The third kappa shape index (κ3) is 6.53. The molecule has 0 heterocycles. The summed E-state index contributed by atoms with van der Waals surface area (Å²) in [4.78, 5) is 32.5. The highest BCUT2D eigenvalue weighted by Crippen LogP contribution is 1.92. The smallest absolute Gasteiger partial charge is 0.315 e. The molecular formula is C8H12BNO5. The maximum atomic E-state index is 11.0. The van der Waals surface area contributed by atoms with Crippen molar-refractivity contribution in [1.29, 1.82) is 0 Å². The first kappa shape index (κ1) is 13.5. The van der Waals surface area contributed by atoms with Crippen LogP contribution in [-0.2, 0) is 23.9 Å². The van der Waals surface area contributed by atoms with Gasteiger partial charge < -0.3 is 14.8 Å². The van der Waals surface area contributed by atoms with Crippen LogP contribution in [0, 0.1) is 0 Å². The lowest BCUT2D eigenvalue weighted by Gasteiger charge is -2.12. The van der Waals surface area contributed by atoms with Crippen LogP contribution in [0.3, 0.4) is 0 Å². The van der Waals surface area contributed by atoms with Crippen molar-refractivity contribution >= 4 is 25.7 Å². The monoisotopic (exact) mass is 213 g/mol. The molecule has 1 amide bonds. The summed E-state index contributed by atoms with van der Waals surface area (Å²) < 4.78 is 8.62. The molecular weight excluding hydrogens is 201 g/mol. The van der Waals surface area contributed by atoms with Crippen molar-refractivity contribution in [3.8, 4) is 0 Å². The van der Waals surface area contributed by atoms with Crippen molar-refractivity contribution < 1.29 is 23.9 Å². The Morgan fingerprint density at radius 2 is 1.73 bits per heavy atom. The zero-order chi connectivity index (χ0) is 11.8. The van der Waals surface area contributed by atoms with Gasteiger partial charge in [0.05, 0.1) is 28.5 Å². The molecule has 15 heavy (non-hydrogen) atoms. The normalized spacial score (nSPS) is 11.3. The van der Waals surface area contributed by atoms with E-state index in [0.29, 0.717) is 0 Å². The second-order valence-electron chi connectivity index (χ2n) is 2.71. The number of hydrogen-bond acceptors (Lipinski definition) is 5. The average Bonchev–Trinajstić information content (AvgIpc) is 2.16. The molecule has 0 aromatic rings. The Labute approximate surface area is 88.7 Å². The Kier molecular flexibility index (Phi) is 6.16. The molecule has 0 spiro atoms. The maximum absolute atomic E-state index is 11.0. The van der Waals surface area contributed by atoms with Crippen LogP contribution in [0.4, 0.5) is 0 Å². The lowest BCUT2D eigenvalue weighted by molar-refractivity contribution is -0.143. The Bertz CT molecular complexity index is 255. The highest BCUT2D eigenvalue weighted by Gasteiger charge is 2.14. The minimum absolute atomic E-state index is 0.149. The van der Waals surface area contributed by atoms with Gasteiger partial charge in [-0.2, -0.15) is 0 Å². The average molecular weight is 213 g/mol. The summed E-state index contributed by atoms with van der Waals surface area (Å²) in [5, 5.41) is 2.25. The minimum Gasteiger partial charge on any atom is -0.469 e. The van der Waals surface area contributed by atoms with Crippen LogP contribution in [0.15, 0.2) is 0 Å². The summed E-state index contributed by atoms with van der Waals surface area (Å²) in [5.74, 6) is -2.67. The van der Waals surface area contributed by atoms with E-state index in [1.165, 1.54) is 14.2 Å². The maximum Gasteiger partial charge on any atom is 0.315 e. The number of amides is 1. The molecule has 0 bridgehead atoms. The summed E-state index contributed by atoms with van der Waals surface area (Å²) in [5.41, 5.74) is 0. The fourth-order valence-electron chi connectivity index (χ4n) is 0.775. The van der Waals surface area contributed by atoms with Crippen LogP contribution in [0.2, 0.25) is 0 Å². The van der Waals surface area contributed by atoms with Crippen LogP contribution < -0.4 is 5.32 Å². The van der Waals surface area contributed by atoms with Crippen LogP contribution in [0.25, 0.3) is 0 Å². The van der Waals surface area contributed by atoms with E-state index in [9.17, 15) is 14.4 Å². The Balaban J connectivity index is 3.86. The zero-order valence-corrected chi connectivity index (χ0v) is 8.61. The molecule has 0 aliphatic rings. The van der Waals surface area contributed by atoms with Crippen molar-refractivity contribution in [3.05, 3.63) is 0 Å². The topological polar surface area (TPSA) is 81.7 Å². The van der Waals surface area contributed by atoms with Gasteiger partial charge in [0.1, 0.15) is 6.42 Å². The summed E-state index contributed by atoms with van der Waals surface area (Å²) in [6, 6.07) is 0. The number of methoxy groups -OCH3 is 2. The van der Waals surface area contributed by atoms with Gasteiger partial charge in [0.2, 0.25) is 5.91 Å². The van der Waals surface area contributed by atoms with E-state index in [1.54, 1.807) is 0 Å². The standard InChI is InChI=1S/C8H12BNO5/c1-14-7(12)3-5(9)10-6(11)4-8(13)15-2/h5H,3-4H2,1-2H3,(H,10,11). The molecule has 0 fully saturated rings. The first-order valence-electron chi connectivity index (χ1n) is 4.18. The molecule has 0 aromatic heterocycles. The predicted octanol–water partition coefficient (Wildman–Crippen LogP) is -1.28. The largest absolute Gasteiger partial charge is 0.469 e. The predicted molar refractivity (Wildman–Crippen MR) is 51.0 cm³/mol. The van der Waals surface area contributed by atoms with Crippen molar-refractivity contribution in [1.82, 2.24) is 5.32 Å². The quantitative estimate of drug-likeness (QED) is 0.349. The van der Waals surface area contributed by atoms with Gasteiger partial charge in [-0.25, -0.2) is 0 Å². The molecule has 0 aliphatic carbocycles. The number of esters is 2. The van der Waals surface area contributed by atoms with Crippen LogP contribution in [-0.4, -0.2) is 45.9 Å².